The average molecular weight is 248 g/mol. The lowest BCUT2D eigenvalue weighted by molar-refractivity contribution is -0.117. The molecule has 0 saturated heterocycles. The molecule has 3 N–H and O–H groups in total. The highest BCUT2D eigenvalue weighted by atomic mass is 16.2. The van der Waals surface area contributed by atoms with Crippen LogP contribution in [-0.2, 0) is 4.79 Å². The summed E-state index contributed by atoms with van der Waals surface area (Å²) in [6.45, 7) is 3.28. The largest absolute Gasteiger partial charge is 0.368 e. The number of nitrogens with zero attached hydrogens (tertiary/aromatic N) is 4. The van der Waals surface area contributed by atoms with E-state index in [-0.39, 0.29) is 12.2 Å². The van der Waals surface area contributed by atoms with E-state index in [1.807, 2.05) is 6.92 Å². The molecule has 0 unspecified atom stereocenters. The van der Waals surface area contributed by atoms with Gasteiger partial charge < -0.3 is 11.1 Å². The fraction of sp³-hybridized carbons (Fsp3) is 0.300. The molecule has 0 aliphatic rings. The summed E-state index contributed by atoms with van der Waals surface area (Å²) in [4.78, 5) is 22.3. The minimum atomic E-state index is -0.620. The number of carbonyl (C=O) groups excluding carboxylic acids is 2. The third-order valence-electron chi connectivity index (χ3n) is 2.36. The first-order valence-electron chi connectivity index (χ1n) is 5.25. The van der Waals surface area contributed by atoms with Crippen LogP contribution in [0.5, 0.6) is 0 Å². The molecule has 0 fully saturated rings. The molecule has 8 heteroatoms. The van der Waals surface area contributed by atoms with Crippen LogP contribution < -0.4 is 11.1 Å². The molecular formula is C10H12N6O2. The van der Waals surface area contributed by atoms with Crippen molar-refractivity contribution in [3.63, 3.8) is 0 Å². The number of primary amides is 1. The van der Waals surface area contributed by atoms with E-state index in [1.54, 1.807) is 13.0 Å². The van der Waals surface area contributed by atoms with Crippen LogP contribution in [0.25, 0.3) is 5.65 Å². The summed E-state index contributed by atoms with van der Waals surface area (Å²) in [7, 11) is 0. The van der Waals surface area contributed by atoms with Crippen LogP contribution in [-0.4, -0.2) is 38.2 Å². The molecule has 18 heavy (non-hydrogen) atoms. The number of fused-ring (bicyclic) bond motifs is 1. The average Bonchev–Trinajstić information content (AvgIpc) is 2.68. The Bertz CT molecular complexity index is 633. The molecule has 8 nitrogen and oxygen atoms in total. The molecule has 2 aromatic rings. The second-order valence-corrected chi connectivity index (χ2v) is 3.84. The fourth-order valence-corrected chi connectivity index (χ4v) is 1.54. The summed E-state index contributed by atoms with van der Waals surface area (Å²) in [5.41, 5.74) is 6.96. The highest BCUT2D eigenvalue weighted by Gasteiger charge is 2.15. The van der Waals surface area contributed by atoms with E-state index in [4.69, 9.17) is 5.73 Å². The van der Waals surface area contributed by atoms with Gasteiger partial charge in [0.05, 0.1) is 17.9 Å². The summed E-state index contributed by atoms with van der Waals surface area (Å²) in [6.07, 6.45) is 0. The van der Waals surface area contributed by atoms with Gasteiger partial charge in [-0.25, -0.2) is 4.52 Å². The fourth-order valence-electron chi connectivity index (χ4n) is 1.54. The molecule has 0 bridgehead atoms. The smallest absolute Gasteiger partial charge is 0.274 e. The Morgan fingerprint density at radius 1 is 1.39 bits per heavy atom. The van der Waals surface area contributed by atoms with E-state index >= 15 is 0 Å². The first-order chi connectivity index (χ1) is 8.49. The second-order valence-electron chi connectivity index (χ2n) is 3.84. The minimum absolute atomic E-state index is 0.117. The summed E-state index contributed by atoms with van der Waals surface area (Å²) in [5.74, 6) is -1.13. The molecule has 0 atom stereocenters. The predicted molar refractivity (Wildman–Crippen MR) is 61.8 cm³/mol. The summed E-state index contributed by atoms with van der Waals surface area (Å²) >= 11 is 0. The van der Waals surface area contributed by atoms with E-state index in [9.17, 15) is 9.59 Å². The highest BCUT2D eigenvalue weighted by molar-refractivity contribution is 5.95. The van der Waals surface area contributed by atoms with Crippen molar-refractivity contribution >= 4 is 17.5 Å². The molecule has 0 spiro atoms. The van der Waals surface area contributed by atoms with Crippen molar-refractivity contribution in [1.82, 2.24) is 25.1 Å². The van der Waals surface area contributed by atoms with E-state index in [0.29, 0.717) is 11.3 Å². The van der Waals surface area contributed by atoms with Gasteiger partial charge in [0, 0.05) is 6.07 Å². The number of amides is 2. The van der Waals surface area contributed by atoms with Gasteiger partial charge in [-0.05, 0) is 13.8 Å². The van der Waals surface area contributed by atoms with Gasteiger partial charge in [-0.1, -0.05) is 0 Å². The van der Waals surface area contributed by atoms with Gasteiger partial charge in [-0.3, -0.25) is 9.59 Å². The van der Waals surface area contributed by atoms with Crippen molar-refractivity contribution in [3.8, 4) is 0 Å². The number of aryl methyl sites for hydroxylation is 2. The van der Waals surface area contributed by atoms with E-state index < -0.39 is 11.8 Å². The summed E-state index contributed by atoms with van der Waals surface area (Å²) in [6, 6.07) is 1.76. The second kappa shape index (κ2) is 4.40. The van der Waals surface area contributed by atoms with Crippen LogP contribution in [0.15, 0.2) is 6.07 Å². The third-order valence-corrected chi connectivity index (χ3v) is 2.36. The normalized spacial score (nSPS) is 10.6. The van der Waals surface area contributed by atoms with Crippen LogP contribution in [0.1, 0.15) is 21.9 Å². The Morgan fingerprint density at radius 2 is 2.11 bits per heavy atom. The maximum absolute atomic E-state index is 11.8. The summed E-state index contributed by atoms with van der Waals surface area (Å²) < 4.78 is 1.53. The maximum atomic E-state index is 11.8. The molecule has 2 rings (SSSR count). The van der Waals surface area contributed by atoms with Gasteiger partial charge >= 0.3 is 0 Å². The number of hydrogen-bond acceptors (Lipinski definition) is 5. The van der Waals surface area contributed by atoms with E-state index in [2.05, 4.69) is 20.6 Å². The monoisotopic (exact) mass is 248 g/mol. The topological polar surface area (TPSA) is 115 Å². The molecule has 0 aliphatic heterocycles. The van der Waals surface area contributed by atoms with Crippen molar-refractivity contribution in [1.29, 1.82) is 0 Å². The Balaban J connectivity index is 2.36. The molecular weight excluding hydrogens is 236 g/mol. The lowest BCUT2D eigenvalue weighted by Gasteiger charge is -2.05. The molecule has 2 aromatic heterocycles. The Hall–Kier alpha value is -2.51. The molecule has 0 saturated carbocycles. The Morgan fingerprint density at radius 3 is 2.78 bits per heavy atom. The van der Waals surface area contributed by atoms with Gasteiger partial charge in [0.15, 0.2) is 11.3 Å². The van der Waals surface area contributed by atoms with Gasteiger partial charge in [-0.2, -0.15) is 5.10 Å². The van der Waals surface area contributed by atoms with Crippen molar-refractivity contribution in [2.24, 2.45) is 5.73 Å². The van der Waals surface area contributed by atoms with Gasteiger partial charge in [0.2, 0.25) is 5.91 Å². The zero-order chi connectivity index (χ0) is 13.3. The van der Waals surface area contributed by atoms with E-state index in [0.717, 1.165) is 5.69 Å². The number of hydrogen-bond donors (Lipinski definition) is 2. The Kier molecular flexibility index (Phi) is 2.92. The van der Waals surface area contributed by atoms with Crippen LogP contribution in [0.3, 0.4) is 0 Å². The lowest BCUT2D eigenvalue weighted by Crippen LogP contribution is -2.34. The van der Waals surface area contributed by atoms with E-state index in [1.165, 1.54) is 4.52 Å². The third kappa shape index (κ3) is 2.12. The number of nitrogens with two attached hydrogens (primary N) is 1. The molecule has 94 valence electrons. The SMILES string of the molecule is Cc1cc2nnc(C(=O)NCC(N)=O)c(C)n2n1. The first kappa shape index (κ1) is 12.0. The quantitative estimate of drug-likeness (QED) is 0.719. The maximum Gasteiger partial charge on any atom is 0.274 e. The highest BCUT2D eigenvalue weighted by Crippen LogP contribution is 2.08. The van der Waals surface area contributed by atoms with Crippen molar-refractivity contribution in [3.05, 3.63) is 23.1 Å². The molecule has 2 heterocycles. The number of rotatable bonds is 3. The van der Waals surface area contributed by atoms with Crippen LogP contribution in [0.2, 0.25) is 0 Å². The zero-order valence-corrected chi connectivity index (χ0v) is 9.97. The number of carbonyl (C=O) groups is 2. The first-order valence-corrected chi connectivity index (χ1v) is 5.25. The van der Waals surface area contributed by atoms with Crippen molar-refractivity contribution < 1.29 is 9.59 Å². The molecule has 2 amide bonds. The number of nitrogens with one attached hydrogen (secondary N) is 1. The van der Waals surface area contributed by atoms with Gasteiger partial charge in [0.25, 0.3) is 5.91 Å². The van der Waals surface area contributed by atoms with Crippen LogP contribution >= 0.6 is 0 Å². The molecule has 0 aromatic carbocycles. The number of aromatic nitrogens is 4. The van der Waals surface area contributed by atoms with Crippen molar-refractivity contribution in [2.45, 2.75) is 13.8 Å². The van der Waals surface area contributed by atoms with Gasteiger partial charge in [0.1, 0.15) is 0 Å². The lowest BCUT2D eigenvalue weighted by atomic mass is 10.3. The standard InChI is InChI=1S/C10H12N6O2/c1-5-3-8-13-14-9(6(2)16(8)15-5)10(18)12-4-7(11)17/h3H,4H2,1-2H3,(H2,11,17)(H,12,18). The van der Waals surface area contributed by atoms with Crippen LogP contribution in [0, 0.1) is 13.8 Å². The predicted octanol–water partition coefficient (Wildman–Crippen LogP) is -1.04. The summed E-state index contributed by atoms with van der Waals surface area (Å²) in [5, 5.41) is 14.3. The van der Waals surface area contributed by atoms with Gasteiger partial charge in [-0.15, -0.1) is 10.2 Å². The zero-order valence-electron chi connectivity index (χ0n) is 9.97. The molecule has 0 radical (unpaired) electrons. The van der Waals surface area contributed by atoms with Crippen LogP contribution in [0.4, 0.5) is 0 Å². The minimum Gasteiger partial charge on any atom is -0.368 e. The molecule has 0 aliphatic carbocycles. The Labute approximate surface area is 102 Å². The van der Waals surface area contributed by atoms with Crippen molar-refractivity contribution in [2.75, 3.05) is 6.54 Å².